The molecule has 3 rings (SSSR count). The summed E-state index contributed by atoms with van der Waals surface area (Å²) in [5.74, 6) is -0.174. The summed E-state index contributed by atoms with van der Waals surface area (Å²) in [6, 6.07) is 16.6. The quantitative estimate of drug-likeness (QED) is 0.944. The van der Waals surface area contributed by atoms with Crippen molar-refractivity contribution in [1.82, 2.24) is 4.90 Å². The summed E-state index contributed by atoms with van der Waals surface area (Å²) in [4.78, 5) is 16.9. The average Bonchev–Trinajstić information content (AvgIpc) is 2.63. The maximum absolute atomic E-state index is 12.2. The number of carbonyl (C=O) groups is 1. The number of carbonyl (C=O) groups excluding carboxylic acids is 1. The van der Waals surface area contributed by atoms with Crippen LogP contribution in [0.5, 0.6) is 0 Å². The Balaban J connectivity index is 1.63. The maximum atomic E-state index is 12.2. The Morgan fingerprint density at radius 2 is 1.62 bits per heavy atom. The average molecular weight is 320 g/mol. The Morgan fingerprint density at radius 3 is 2.21 bits per heavy atom. The lowest BCUT2D eigenvalue weighted by Crippen LogP contribution is -2.44. The molecule has 2 aromatic carbocycles. The standard InChI is InChI=1S/C19H20N4O/c1-22-10-12-23(13-11-22)18-8-6-17(7-9-18)21-19(24)16-4-2-15(14-20)3-5-16/h2-9H,10-13H2,1H3,(H,21,24). The summed E-state index contributed by atoms with van der Waals surface area (Å²) in [5.41, 5.74) is 3.03. The molecule has 0 saturated carbocycles. The van der Waals surface area contributed by atoms with Gasteiger partial charge < -0.3 is 15.1 Å². The molecular weight excluding hydrogens is 300 g/mol. The van der Waals surface area contributed by atoms with Gasteiger partial charge in [0.1, 0.15) is 0 Å². The van der Waals surface area contributed by atoms with Crippen LogP contribution in [0.25, 0.3) is 0 Å². The van der Waals surface area contributed by atoms with Crippen molar-refractivity contribution < 1.29 is 4.79 Å². The van der Waals surface area contributed by atoms with Gasteiger partial charge in [-0.25, -0.2) is 0 Å². The molecule has 1 fully saturated rings. The Morgan fingerprint density at radius 1 is 1.00 bits per heavy atom. The first-order chi connectivity index (χ1) is 11.7. The van der Waals surface area contributed by atoms with E-state index >= 15 is 0 Å². The highest BCUT2D eigenvalue weighted by Gasteiger charge is 2.14. The zero-order valence-electron chi connectivity index (χ0n) is 13.7. The number of benzene rings is 2. The first kappa shape index (κ1) is 16.0. The van der Waals surface area contributed by atoms with Crippen LogP contribution in [0.15, 0.2) is 48.5 Å². The molecule has 1 aliphatic rings. The molecule has 0 bridgehead atoms. The number of hydrogen-bond acceptors (Lipinski definition) is 4. The van der Waals surface area contributed by atoms with Gasteiger partial charge in [-0.2, -0.15) is 5.26 Å². The van der Waals surface area contributed by atoms with Crippen LogP contribution in [0, 0.1) is 11.3 Å². The van der Waals surface area contributed by atoms with Crippen LogP contribution in [0.3, 0.4) is 0 Å². The largest absolute Gasteiger partial charge is 0.369 e. The molecule has 0 aromatic heterocycles. The van der Waals surface area contributed by atoms with Crippen LogP contribution in [0.2, 0.25) is 0 Å². The predicted molar refractivity (Wildman–Crippen MR) is 95.3 cm³/mol. The van der Waals surface area contributed by atoms with Crippen molar-refractivity contribution in [2.75, 3.05) is 43.4 Å². The number of likely N-dealkylation sites (N-methyl/N-ethyl adjacent to an activating group) is 1. The minimum absolute atomic E-state index is 0.174. The molecule has 0 spiro atoms. The molecule has 1 aliphatic heterocycles. The third kappa shape index (κ3) is 3.73. The minimum atomic E-state index is -0.174. The zero-order chi connectivity index (χ0) is 16.9. The van der Waals surface area contributed by atoms with Gasteiger partial charge in [0, 0.05) is 43.1 Å². The van der Waals surface area contributed by atoms with Crippen molar-refractivity contribution in [1.29, 1.82) is 5.26 Å². The summed E-state index contributed by atoms with van der Waals surface area (Å²) in [6.07, 6.45) is 0. The van der Waals surface area contributed by atoms with Gasteiger partial charge in [-0.1, -0.05) is 0 Å². The summed E-state index contributed by atoms with van der Waals surface area (Å²) in [7, 11) is 2.14. The molecule has 0 aliphatic carbocycles. The smallest absolute Gasteiger partial charge is 0.255 e. The van der Waals surface area contributed by atoms with Crippen molar-refractivity contribution in [2.45, 2.75) is 0 Å². The lowest BCUT2D eigenvalue weighted by atomic mass is 10.1. The molecule has 1 saturated heterocycles. The Labute approximate surface area is 142 Å². The number of nitrogens with one attached hydrogen (secondary N) is 1. The molecule has 1 amide bonds. The molecule has 122 valence electrons. The highest BCUT2D eigenvalue weighted by molar-refractivity contribution is 6.04. The van der Waals surface area contributed by atoms with Gasteiger partial charge in [0.05, 0.1) is 11.6 Å². The van der Waals surface area contributed by atoms with Crippen molar-refractivity contribution in [3.8, 4) is 6.07 Å². The summed E-state index contributed by atoms with van der Waals surface area (Å²) in [6.45, 7) is 4.18. The number of anilines is 2. The molecule has 1 N–H and O–H groups in total. The van der Waals surface area contributed by atoms with Crippen LogP contribution in [-0.2, 0) is 0 Å². The fraction of sp³-hybridized carbons (Fsp3) is 0.263. The summed E-state index contributed by atoms with van der Waals surface area (Å²) in [5, 5.41) is 11.7. The maximum Gasteiger partial charge on any atom is 0.255 e. The van der Waals surface area contributed by atoms with Gasteiger partial charge in [-0.05, 0) is 55.6 Å². The summed E-state index contributed by atoms with van der Waals surface area (Å²) < 4.78 is 0. The number of rotatable bonds is 3. The van der Waals surface area contributed by atoms with Crippen molar-refractivity contribution in [3.05, 3.63) is 59.7 Å². The Hall–Kier alpha value is -2.84. The molecule has 5 heteroatoms. The van der Waals surface area contributed by atoms with Crippen molar-refractivity contribution in [2.24, 2.45) is 0 Å². The first-order valence-electron chi connectivity index (χ1n) is 8.01. The Kier molecular flexibility index (Phi) is 4.78. The SMILES string of the molecule is CN1CCN(c2ccc(NC(=O)c3ccc(C#N)cc3)cc2)CC1. The molecule has 24 heavy (non-hydrogen) atoms. The van der Waals surface area contributed by atoms with Crippen LogP contribution < -0.4 is 10.2 Å². The van der Waals surface area contributed by atoms with Crippen molar-refractivity contribution >= 4 is 17.3 Å². The molecule has 0 atom stereocenters. The minimum Gasteiger partial charge on any atom is -0.369 e. The van der Waals surface area contributed by atoms with Crippen LogP contribution in [-0.4, -0.2) is 44.0 Å². The topological polar surface area (TPSA) is 59.4 Å². The Bertz CT molecular complexity index is 738. The van der Waals surface area contributed by atoms with E-state index in [4.69, 9.17) is 5.26 Å². The lowest BCUT2D eigenvalue weighted by molar-refractivity contribution is 0.102. The lowest BCUT2D eigenvalue weighted by Gasteiger charge is -2.34. The van der Waals surface area contributed by atoms with Gasteiger partial charge in [0.2, 0.25) is 0 Å². The normalized spacial score (nSPS) is 14.9. The van der Waals surface area contributed by atoms with Crippen molar-refractivity contribution in [3.63, 3.8) is 0 Å². The van der Waals surface area contributed by atoms with E-state index in [2.05, 4.69) is 22.2 Å². The second kappa shape index (κ2) is 7.16. The van der Waals surface area contributed by atoms with E-state index in [-0.39, 0.29) is 5.91 Å². The molecule has 0 radical (unpaired) electrons. The molecule has 1 heterocycles. The second-order valence-corrected chi connectivity index (χ2v) is 5.98. The zero-order valence-corrected chi connectivity index (χ0v) is 13.7. The van der Waals surface area contributed by atoms with E-state index in [9.17, 15) is 4.79 Å². The van der Waals surface area contributed by atoms with E-state index < -0.39 is 0 Å². The van der Waals surface area contributed by atoms with E-state index in [0.29, 0.717) is 11.1 Å². The highest BCUT2D eigenvalue weighted by atomic mass is 16.1. The molecule has 2 aromatic rings. The van der Waals surface area contributed by atoms with Crippen LogP contribution >= 0.6 is 0 Å². The number of amides is 1. The van der Waals surface area contributed by atoms with Crippen LogP contribution in [0.4, 0.5) is 11.4 Å². The number of nitrogens with zero attached hydrogens (tertiary/aromatic N) is 3. The van der Waals surface area contributed by atoms with E-state index in [1.165, 1.54) is 5.69 Å². The van der Waals surface area contributed by atoms with Gasteiger partial charge in [-0.3, -0.25) is 4.79 Å². The number of piperazine rings is 1. The van der Waals surface area contributed by atoms with Crippen LogP contribution in [0.1, 0.15) is 15.9 Å². The van der Waals surface area contributed by atoms with Gasteiger partial charge in [0.15, 0.2) is 0 Å². The van der Waals surface area contributed by atoms with Gasteiger partial charge >= 0.3 is 0 Å². The number of hydrogen-bond donors (Lipinski definition) is 1. The third-order valence-electron chi connectivity index (χ3n) is 4.27. The van der Waals surface area contributed by atoms with E-state index in [1.807, 2.05) is 30.3 Å². The van der Waals surface area contributed by atoms with E-state index in [0.717, 1.165) is 31.9 Å². The first-order valence-corrected chi connectivity index (χ1v) is 8.01. The molecular formula is C19H20N4O. The fourth-order valence-electron chi connectivity index (χ4n) is 2.72. The fourth-order valence-corrected chi connectivity index (χ4v) is 2.72. The second-order valence-electron chi connectivity index (χ2n) is 5.98. The predicted octanol–water partition coefficient (Wildman–Crippen LogP) is 2.56. The van der Waals surface area contributed by atoms with Gasteiger partial charge in [0.25, 0.3) is 5.91 Å². The summed E-state index contributed by atoms with van der Waals surface area (Å²) >= 11 is 0. The third-order valence-corrected chi connectivity index (χ3v) is 4.27. The monoisotopic (exact) mass is 320 g/mol. The number of nitriles is 1. The molecule has 0 unspecified atom stereocenters. The molecule has 5 nitrogen and oxygen atoms in total. The van der Waals surface area contributed by atoms with Gasteiger partial charge in [-0.15, -0.1) is 0 Å². The highest BCUT2D eigenvalue weighted by Crippen LogP contribution is 2.19. The van der Waals surface area contributed by atoms with E-state index in [1.54, 1.807) is 24.3 Å².